The maximum Gasteiger partial charge on any atom is 0.350 e. The van der Waals surface area contributed by atoms with Crippen molar-refractivity contribution in [3.05, 3.63) is 63.8 Å². The number of aromatic amines is 1. The van der Waals surface area contributed by atoms with Gasteiger partial charge in [-0.3, -0.25) is 0 Å². The third-order valence-electron chi connectivity index (χ3n) is 7.06. The van der Waals surface area contributed by atoms with E-state index >= 15 is 0 Å². The molecule has 1 aliphatic carbocycles. The largest absolute Gasteiger partial charge is 0.465 e. The lowest BCUT2D eigenvalue weighted by atomic mass is 9.98. The Morgan fingerprint density at radius 3 is 2.58 bits per heavy atom. The van der Waals surface area contributed by atoms with Crippen molar-refractivity contribution >= 4 is 40.1 Å². The molecule has 3 aromatic heterocycles. The molecule has 194 valence electrons. The number of carbonyl (C=O) groups is 1. The quantitative estimate of drug-likeness (QED) is 0.233. The number of hydrogen-bond donors (Lipinski definition) is 1. The molecule has 8 nitrogen and oxygen atoms in total. The average molecular weight is 545 g/mol. The highest BCUT2D eigenvalue weighted by Crippen LogP contribution is 2.39. The molecule has 1 aliphatic rings. The predicted octanol–water partition coefficient (Wildman–Crippen LogP) is 6.51. The smallest absolute Gasteiger partial charge is 0.350 e. The van der Waals surface area contributed by atoms with Gasteiger partial charge in [0.25, 0.3) is 0 Å². The molecule has 0 spiro atoms. The first kappa shape index (κ1) is 24.8. The fourth-order valence-electron chi connectivity index (χ4n) is 5.14. The highest BCUT2D eigenvalue weighted by Gasteiger charge is 2.26. The minimum absolute atomic E-state index is 0.308. The van der Waals surface area contributed by atoms with Crippen molar-refractivity contribution < 1.29 is 9.53 Å². The number of nitrogens with zero attached hydrogens (tertiary/aromatic N) is 5. The summed E-state index contributed by atoms with van der Waals surface area (Å²) in [6.45, 7) is 2.65. The number of tetrazole rings is 1. The van der Waals surface area contributed by atoms with Crippen molar-refractivity contribution in [1.29, 1.82) is 0 Å². The molecule has 10 heteroatoms. The topological polar surface area (TPSA) is 98.6 Å². The highest BCUT2D eigenvalue weighted by atomic mass is 32.2. The summed E-state index contributed by atoms with van der Waals surface area (Å²) in [6, 6.07) is 16.6. The summed E-state index contributed by atoms with van der Waals surface area (Å²) in [7, 11) is 1.44. The number of aryl methyl sites for hydroxylation is 1. The van der Waals surface area contributed by atoms with E-state index in [2.05, 4.69) is 55.5 Å². The molecule has 1 fully saturated rings. The Hall–Kier alpha value is -3.50. The molecule has 5 aromatic rings. The van der Waals surface area contributed by atoms with Crippen LogP contribution in [0, 0.1) is 6.92 Å². The fourth-order valence-corrected chi connectivity index (χ4v) is 7.45. The van der Waals surface area contributed by atoms with Crippen LogP contribution in [0.1, 0.15) is 52.2 Å². The number of nitrogens with one attached hydrogen (secondary N) is 1. The maximum atomic E-state index is 12.7. The Morgan fingerprint density at radius 2 is 1.87 bits per heavy atom. The second-order valence-corrected chi connectivity index (χ2v) is 12.0. The van der Waals surface area contributed by atoms with Crippen LogP contribution in [0.2, 0.25) is 0 Å². The van der Waals surface area contributed by atoms with Crippen molar-refractivity contribution in [1.82, 2.24) is 30.2 Å². The van der Waals surface area contributed by atoms with Gasteiger partial charge in [-0.05, 0) is 46.9 Å². The first-order chi connectivity index (χ1) is 18.6. The first-order valence-corrected chi connectivity index (χ1v) is 14.5. The van der Waals surface area contributed by atoms with E-state index in [1.54, 1.807) is 0 Å². The Labute approximate surface area is 228 Å². The molecule has 0 amide bonds. The standard InChI is InChI=1S/C28H28N6O2S2/c1-17-23-24(25(37-17)27(35)36-2)34(28(29-23)38-20-8-4-3-5-9-20)16-18-12-14-19(15-13-18)21-10-6-7-11-22(21)26-30-32-33-31-26/h6-7,10-15,20H,3-5,8-9,16H2,1-2H3,(H,30,31,32,33). The molecule has 3 heterocycles. The van der Waals surface area contributed by atoms with Crippen LogP contribution in [0.15, 0.2) is 53.7 Å². The Balaban J connectivity index is 1.36. The molecule has 0 aliphatic heterocycles. The van der Waals surface area contributed by atoms with Gasteiger partial charge in [0.1, 0.15) is 10.4 Å². The number of hydrogen-bond acceptors (Lipinski definition) is 8. The van der Waals surface area contributed by atoms with E-state index in [1.807, 2.05) is 36.9 Å². The van der Waals surface area contributed by atoms with E-state index in [4.69, 9.17) is 9.72 Å². The van der Waals surface area contributed by atoms with Crippen LogP contribution in [-0.2, 0) is 11.3 Å². The second kappa shape index (κ2) is 10.7. The zero-order valence-electron chi connectivity index (χ0n) is 21.3. The van der Waals surface area contributed by atoms with Gasteiger partial charge in [0, 0.05) is 15.7 Å². The van der Waals surface area contributed by atoms with Crippen LogP contribution in [0.5, 0.6) is 0 Å². The number of esters is 1. The van der Waals surface area contributed by atoms with Gasteiger partial charge in [-0.25, -0.2) is 14.9 Å². The monoisotopic (exact) mass is 544 g/mol. The Morgan fingerprint density at radius 1 is 1.11 bits per heavy atom. The molecule has 0 bridgehead atoms. The van der Waals surface area contributed by atoms with Crippen molar-refractivity contribution in [3.8, 4) is 22.5 Å². The lowest BCUT2D eigenvalue weighted by molar-refractivity contribution is 0.0608. The lowest BCUT2D eigenvalue weighted by Gasteiger charge is -2.21. The van der Waals surface area contributed by atoms with Gasteiger partial charge in [-0.15, -0.1) is 16.4 Å². The summed E-state index contributed by atoms with van der Waals surface area (Å²) >= 11 is 3.32. The number of benzene rings is 2. The molecular formula is C28H28N6O2S2. The SMILES string of the molecule is COC(=O)c1sc(C)c2nc(SC3CCCCC3)n(Cc3ccc(-c4ccccc4-c4nnn[nH]4)cc3)c12. The van der Waals surface area contributed by atoms with Gasteiger partial charge < -0.3 is 9.30 Å². The van der Waals surface area contributed by atoms with Gasteiger partial charge >= 0.3 is 5.97 Å². The van der Waals surface area contributed by atoms with Gasteiger partial charge in [-0.1, -0.05) is 79.6 Å². The van der Waals surface area contributed by atoms with Gasteiger partial charge in [-0.2, -0.15) is 0 Å². The Kier molecular flexibility index (Phi) is 6.99. The average Bonchev–Trinajstić information content (AvgIpc) is 3.68. The number of H-pyrrole nitrogens is 1. The minimum atomic E-state index is -0.308. The molecule has 2 aromatic carbocycles. The summed E-state index contributed by atoms with van der Waals surface area (Å²) in [4.78, 5) is 19.4. The molecule has 0 atom stereocenters. The van der Waals surface area contributed by atoms with E-state index in [-0.39, 0.29) is 5.97 Å². The lowest BCUT2D eigenvalue weighted by Crippen LogP contribution is -2.11. The zero-order valence-corrected chi connectivity index (χ0v) is 22.9. The number of methoxy groups -OCH3 is 1. The van der Waals surface area contributed by atoms with Crippen LogP contribution in [0.25, 0.3) is 33.5 Å². The van der Waals surface area contributed by atoms with E-state index in [0.29, 0.717) is 22.5 Å². The summed E-state index contributed by atoms with van der Waals surface area (Å²) in [6.07, 6.45) is 6.27. The van der Waals surface area contributed by atoms with E-state index in [1.165, 1.54) is 50.6 Å². The van der Waals surface area contributed by atoms with Gasteiger partial charge in [0.05, 0.1) is 19.2 Å². The minimum Gasteiger partial charge on any atom is -0.465 e. The van der Waals surface area contributed by atoms with Crippen molar-refractivity contribution in [3.63, 3.8) is 0 Å². The normalized spacial score (nSPS) is 14.3. The number of aromatic nitrogens is 6. The van der Waals surface area contributed by atoms with Crippen molar-refractivity contribution in [2.24, 2.45) is 0 Å². The summed E-state index contributed by atoms with van der Waals surface area (Å²) in [5.41, 5.74) is 6.00. The first-order valence-electron chi connectivity index (χ1n) is 12.8. The number of imidazole rings is 1. The van der Waals surface area contributed by atoms with E-state index < -0.39 is 0 Å². The van der Waals surface area contributed by atoms with Crippen LogP contribution >= 0.6 is 23.1 Å². The summed E-state index contributed by atoms with van der Waals surface area (Å²) < 4.78 is 7.35. The fraction of sp³-hybridized carbons (Fsp3) is 0.321. The van der Waals surface area contributed by atoms with Gasteiger partial charge in [0.2, 0.25) is 0 Å². The van der Waals surface area contributed by atoms with E-state index in [9.17, 15) is 4.79 Å². The van der Waals surface area contributed by atoms with Crippen LogP contribution in [-0.4, -0.2) is 48.5 Å². The molecule has 38 heavy (non-hydrogen) atoms. The number of rotatable bonds is 7. The van der Waals surface area contributed by atoms with Crippen molar-refractivity contribution in [2.75, 3.05) is 7.11 Å². The number of fused-ring (bicyclic) bond motifs is 1. The summed E-state index contributed by atoms with van der Waals surface area (Å²) in [5, 5.41) is 15.9. The molecular weight excluding hydrogens is 516 g/mol. The second-order valence-electron chi connectivity index (χ2n) is 9.53. The zero-order chi connectivity index (χ0) is 26.1. The van der Waals surface area contributed by atoms with Crippen LogP contribution in [0.3, 0.4) is 0 Å². The third kappa shape index (κ3) is 4.74. The molecule has 0 unspecified atom stereocenters. The predicted molar refractivity (Wildman–Crippen MR) is 151 cm³/mol. The summed E-state index contributed by atoms with van der Waals surface area (Å²) in [5.74, 6) is 0.329. The maximum absolute atomic E-state index is 12.7. The molecule has 1 saturated carbocycles. The number of thiophene rings is 1. The molecule has 6 rings (SSSR count). The van der Waals surface area contributed by atoms with Crippen molar-refractivity contribution in [2.45, 2.75) is 56.0 Å². The third-order valence-corrected chi connectivity index (χ3v) is 9.46. The highest BCUT2D eigenvalue weighted by molar-refractivity contribution is 7.99. The number of carbonyl (C=O) groups excluding carboxylic acids is 1. The Bertz CT molecular complexity index is 1570. The van der Waals surface area contributed by atoms with Gasteiger partial charge in [0.15, 0.2) is 11.0 Å². The molecule has 1 N–H and O–H groups in total. The molecule has 0 saturated heterocycles. The van der Waals surface area contributed by atoms with Crippen LogP contribution < -0.4 is 0 Å². The molecule has 0 radical (unpaired) electrons. The number of thioether (sulfide) groups is 1. The number of ether oxygens (including phenoxy) is 1. The van der Waals surface area contributed by atoms with Crippen LogP contribution in [0.4, 0.5) is 0 Å². The van der Waals surface area contributed by atoms with E-state index in [0.717, 1.165) is 43.3 Å².